The Hall–Kier alpha value is -2.37. The lowest BCUT2D eigenvalue weighted by Gasteiger charge is -2.37. The largest absolute Gasteiger partial charge is 0.469 e. The summed E-state index contributed by atoms with van der Waals surface area (Å²) in [5.74, 6) is -0.271. The number of Topliss-reactive ketones (excluding diaryl/α,β-unsaturated/α-hetero) is 1. The molecule has 1 aliphatic rings. The molecule has 0 saturated heterocycles. The molecule has 3 atom stereocenters. The van der Waals surface area contributed by atoms with E-state index in [0.29, 0.717) is 11.5 Å². The second kappa shape index (κ2) is 4.87. The number of furan rings is 2. The molecule has 2 aromatic heterocycles. The monoisotopic (exact) mass is 289 g/mol. The van der Waals surface area contributed by atoms with E-state index in [1.54, 1.807) is 31.2 Å². The zero-order chi connectivity index (χ0) is 15.0. The van der Waals surface area contributed by atoms with Crippen LogP contribution in [0.2, 0.25) is 0 Å². The minimum absolute atomic E-state index is 0.0166. The van der Waals surface area contributed by atoms with Gasteiger partial charge in [-0.25, -0.2) is 0 Å². The van der Waals surface area contributed by atoms with Crippen molar-refractivity contribution < 1.29 is 18.6 Å². The molecule has 21 heavy (non-hydrogen) atoms. The van der Waals surface area contributed by atoms with Gasteiger partial charge in [-0.05, 0) is 24.3 Å². The number of nitrogens with zero attached hydrogens (tertiary/aromatic N) is 1. The van der Waals surface area contributed by atoms with Crippen molar-refractivity contribution in [2.45, 2.75) is 37.1 Å². The Morgan fingerprint density at radius 2 is 1.62 bits per heavy atom. The maximum Gasteiger partial charge on any atom is 0.239 e. The maximum absolute atomic E-state index is 12.1. The van der Waals surface area contributed by atoms with Crippen LogP contribution in [-0.4, -0.2) is 16.2 Å². The van der Waals surface area contributed by atoms with Gasteiger partial charge in [0.05, 0.1) is 24.4 Å². The first-order chi connectivity index (χ1) is 10.0. The Kier molecular flexibility index (Phi) is 3.16. The highest BCUT2D eigenvalue weighted by molar-refractivity contribution is 5.81. The van der Waals surface area contributed by atoms with Crippen molar-refractivity contribution in [2.24, 2.45) is 0 Å². The van der Waals surface area contributed by atoms with Gasteiger partial charge < -0.3 is 8.83 Å². The van der Waals surface area contributed by atoms with Crippen LogP contribution in [0.3, 0.4) is 0 Å². The van der Waals surface area contributed by atoms with Gasteiger partial charge in [-0.1, -0.05) is 0 Å². The Morgan fingerprint density at radius 1 is 1.14 bits per heavy atom. The minimum Gasteiger partial charge on any atom is -0.469 e. The van der Waals surface area contributed by atoms with Gasteiger partial charge in [-0.15, -0.1) is 0 Å². The van der Waals surface area contributed by atoms with Gasteiger partial charge in [0.1, 0.15) is 17.3 Å². The zero-order valence-corrected chi connectivity index (χ0v) is 11.5. The van der Waals surface area contributed by atoms with Gasteiger partial charge in [0, 0.05) is 24.7 Å². The van der Waals surface area contributed by atoms with Crippen molar-refractivity contribution in [3.63, 3.8) is 0 Å². The quantitative estimate of drug-likeness (QED) is 0.640. The van der Waals surface area contributed by atoms with Gasteiger partial charge in [-0.3, -0.25) is 14.9 Å². The molecule has 2 heterocycles. The van der Waals surface area contributed by atoms with Crippen molar-refractivity contribution in [3.05, 3.63) is 58.4 Å². The fourth-order valence-corrected chi connectivity index (χ4v) is 3.21. The Bertz CT molecular complexity index is 597. The SMILES string of the molecule is C[C@]1([N+](=O)[O-])[C@@H](c2ccco2)CC(=O)C[C@H]1c1ccco1. The van der Waals surface area contributed by atoms with Crippen LogP contribution in [0.1, 0.15) is 43.1 Å². The van der Waals surface area contributed by atoms with Gasteiger partial charge in [0.15, 0.2) is 0 Å². The molecule has 1 aliphatic carbocycles. The Balaban J connectivity index is 2.11. The lowest BCUT2D eigenvalue weighted by molar-refractivity contribution is -0.577. The van der Waals surface area contributed by atoms with Crippen LogP contribution >= 0.6 is 0 Å². The molecule has 0 aliphatic heterocycles. The number of rotatable bonds is 3. The van der Waals surface area contributed by atoms with E-state index in [9.17, 15) is 14.9 Å². The van der Waals surface area contributed by atoms with E-state index in [2.05, 4.69) is 0 Å². The first-order valence-electron chi connectivity index (χ1n) is 6.76. The van der Waals surface area contributed by atoms with E-state index in [1.807, 2.05) is 0 Å². The molecule has 0 N–H and O–H groups in total. The standard InChI is InChI=1S/C15H15NO5/c1-15(16(18)19)11(13-4-2-6-20-13)8-10(17)9-12(15)14-5-3-7-21-14/h2-7,11-12H,8-9H2,1H3/t11-,12+,15+. The molecule has 1 fully saturated rings. The van der Waals surface area contributed by atoms with E-state index < -0.39 is 17.4 Å². The lowest BCUT2D eigenvalue weighted by atomic mass is 9.65. The van der Waals surface area contributed by atoms with Gasteiger partial charge in [0.2, 0.25) is 5.54 Å². The Labute approximate surface area is 120 Å². The van der Waals surface area contributed by atoms with Crippen LogP contribution in [0.5, 0.6) is 0 Å². The predicted octanol–water partition coefficient (Wildman–Crippen LogP) is 3.14. The highest BCUT2D eigenvalue weighted by Gasteiger charge is 2.59. The number of ketones is 1. The van der Waals surface area contributed by atoms with E-state index in [4.69, 9.17) is 8.83 Å². The van der Waals surface area contributed by atoms with Crippen LogP contribution < -0.4 is 0 Å². The zero-order valence-electron chi connectivity index (χ0n) is 11.5. The number of nitro groups is 1. The number of hydrogen-bond acceptors (Lipinski definition) is 5. The fraction of sp³-hybridized carbons (Fsp3) is 0.400. The first-order valence-corrected chi connectivity index (χ1v) is 6.76. The third-order valence-corrected chi connectivity index (χ3v) is 4.44. The highest BCUT2D eigenvalue weighted by Crippen LogP contribution is 2.49. The van der Waals surface area contributed by atoms with Crippen molar-refractivity contribution in [1.82, 2.24) is 0 Å². The van der Waals surface area contributed by atoms with Crippen molar-refractivity contribution in [1.29, 1.82) is 0 Å². The van der Waals surface area contributed by atoms with Crippen LogP contribution in [0.25, 0.3) is 0 Å². The molecule has 0 bridgehead atoms. The number of carbonyl (C=O) groups is 1. The molecular weight excluding hydrogens is 274 g/mol. The normalized spacial score (nSPS) is 29.5. The molecule has 1 saturated carbocycles. The molecule has 0 unspecified atom stereocenters. The Morgan fingerprint density at radius 3 is 1.95 bits per heavy atom. The van der Waals surface area contributed by atoms with E-state index in [0.717, 1.165) is 0 Å². The first kappa shape index (κ1) is 13.6. The summed E-state index contributed by atoms with van der Waals surface area (Å²) in [6, 6.07) is 6.72. The predicted molar refractivity (Wildman–Crippen MR) is 72.5 cm³/mol. The molecular formula is C15H15NO5. The summed E-state index contributed by atoms with van der Waals surface area (Å²) >= 11 is 0. The summed E-state index contributed by atoms with van der Waals surface area (Å²) in [6.07, 6.45) is 3.16. The average Bonchev–Trinajstić information content (AvgIpc) is 3.12. The van der Waals surface area contributed by atoms with Gasteiger partial charge in [0.25, 0.3) is 0 Å². The second-order valence-electron chi connectivity index (χ2n) is 5.57. The summed E-state index contributed by atoms with van der Waals surface area (Å²) in [4.78, 5) is 23.6. The van der Waals surface area contributed by atoms with E-state index in [-0.39, 0.29) is 23.5 Å². The fourth-order valence-electron chi connectivity index (χ4n) is 3.21. The third kappa shape index (κ3) is 2.07. The second-order valence-corrected chi connectivity index (χ2v) is 5.57. The summed E-state index contributed by atoms with van der Waals surface area (Å²) in [7, 11) is 0. The molecule has 0 spiro atoms. The molecule has 2 aromatic rings. The number of carbonyl (C=O) groups excluding carboxylic acids is 1. The molecule has 110 valence electrons. The highest BCUT2D eigenvalue weighted by atomic mass is 16.6. The molecule has 0 aromatic carbocycles. The van der Waals surface area contributed by atoms with Crippen molar-refractivity contribution >= 4 is 5.78 Å². The average molecular weight is 289 g/mol. The van der Waals surface area contributed by atoms with Gasteiger partial charge >= 0.3 is 0 Å². The van der Waals surface area contributed by atoms with E-state index in [1.165, 1.54) is 12.5 Å². The summed E-state index contributed by atoms with van der Waals surface area (Å²) in [5, 5.41) is 11.8. The van der Waals surface area contributed by atoms with Crippen LogP contribution in [-0.2, 0) is 4.79 Å². The lowest BCUT2D eigenvalue weighted by Crippen LogP contribution is -2.51. The summed E-state index contributed by atoms with van der Waals surface area (Å²) in [6.45, 7) is 1.57. The van der Waals surface area contributed by atoms with Crippen LogP contribution in [0.15, 0.2) is 45.6 Å². The molecule has 0 amide bonds. The minimum atomic E-state index is -1.34. The summed E-state index contributed by atoms with van der Waals surface area (Å²) in [5.41, 5.74) is -1.34. The molecule has 6 nitrogen and oxygen atoms in total. The number of hydrogen-bond donors (Lipinski definition) is 0. The van der Waals surface area contributed by atoms with E-state index >= 15 is 0 Å². The summed E-state index contributed by atoms with van der Waals surface area (Å²) < 4.78 is 10.7. The molecule has 0 radical (unpaired) electrons. The topological polar surface area (TPSA) is 86.5 Å². The third-order valence-electron chi connectivity index (χ3n) is 4.44. The van der Waals surface area contributed by atoms with Crippen molar-refractivity contribution in [2.75, 3.05) is 0 Å². The van der Waals surface area contributed by atoms with Gasteiger partial charge in [-0.2, -0.15) is 0 Å². The van der Waals surface area contributed by atoms with Crippen LogP contribution in [0.4, 0.5) is 0 Å². The van der Waals surface area contributed by atoms with Crippen LogP contribution in [0, 0.1) is 10.1 Å². The van der Waals surface area contributed by atoms with Crippen molar-refractivity contribution in [3.8, 4) is 0 Å². The molecule has 3 rings (SSSR count). The molecule has 6 heteroatoms. The maximum atomic E-state index is 12.1. The smallest absolute Gasteiger partial charge is 0.239 e.